The third-order valence-electron chi connectivity index (χ3n) is 7.63. The minimum Gasteiger partial charge on any atom is -0.478 e. The summed E-state index contributed by atoms with van der Waals surface area (Å²) in [7, 11) is 0. The fourth-order valence-electron chi connectivity index (χ4n) is 5.45. The van der Waals surface area contributed by atoms with Gasteiger partial charge in [-0.25, -0.2) is 9.59 Å². The molecule has 7 nitrogen and oxygen atoms in total. The Bertz CT molecular complexity index is 1280. The Morgan fingerprint density at radius 2 is 1.66 bits per heavy atom. The lowest BCUT2D eigenvalue weighted by atomic mass is 9.87. The quantitative estimate of drug-likeness (QED) is 0.274. The zero-order valence-electron chi connectivity index (χ0n) is 22.4. The number of unbranched alkanes of at least 4 members (excludes halogenated alkanes) is 4. The average molecular weight is 518 g/mol. The molecule has 3 aromatic rings. The molecule has 38 heavy (non-hydrogen) atoms. The van der Waals surface area contributed by atoms with E-state index >= 15 is 0 Å². The van der Waals surface area contributed by atoms with Crippen LogP contribution < -0.4 is 5.69 Å². The van der Waals surface area contributed by atoms with Crippen molar-refractivity contribution in [3.05, 3.63) is 76.0 Å². The molecule has 1 fully saturated rings. The Balaban J connectivity index is 1.55. The van der Waals surface area contributed by atoms with Crippen LogP contribution in [0.1, 0.15) is 104 Å². The van der Waals surface area contributed by atoms with Gasteiger partial charge in [0.2, 0.25) is 0 Å². The van der Waals surface area contributed by atoms with Crippen LogP contribution in [0.25, 0.3) is 11.1 Å². The van der Waals surface area contributed by atoms with Crippen LogP contribution in [0.2, 0.25) is 0 Å². The molecule has 1 aliphatic carbocycles. The monoisotopic (exact) mass is 517 g/mol. The van der Waals surface area contributed by atoms with Crippen LogP contribution in [0, 0.1) is 5.92 Å². The molecule has 4 rings (SSSR count). The predicted octanol–water partition coefficient (Wildman–Crippen LogP) is 6.58. The molecule has 0 bridgehead atoms. The van der Waals surface area contributed by atoms with Gasteiger partial charge < -0.3 is 5.11 Å². The number of nitrogens with zero attached hydrogens (tertiary/aromatic N) is 3. The Morgan fingerprint density at radius 3 is 2.37 bits per heavy atom. The second-order valence-electron chi connectivity index (χ2n) is 10.5. The van der Waals surface area contributed by atoms with E-state index in [1.807, 2.05) is 30.3 Å². The summed E-state index contributed by atoms with van der Waals surface area (Å²) in [5.41, 5.74) is 2.23. The molecule has 0 aliphatic heterocycles. The van der Waals surface area contributed by atoms with Gasteiger partial charge in [0.25, 0.3) is 5.91 Å². The number of aromatic nitrogens is 3. The zero-order valence-corrected chi connectivity index (χ0v) is 22.4. The normalized spacial score (nSPS) is 14.0. The maximum atomic E-state index is 13.4. The van der Waals surface area contributed by atoms with E-state index in [-0.39, 0.29) is 17.2 Å². The van der Waals surface area contributed by atoms with Gasteiger partial charge in [0.1, 0.15) is 5.82 Å². The molecule has 7 heteroatoms. The predicted molar refractivity (Wildman–Crippen MR) is 149 cm³/mol. The Hall–Kier alpha value is -3.48. The number of carboxylic acid groups (broad SMARTS) is 1. The summed E-state index contributed by atoms with van der Waals surface area (Å²) in [6.45, 7) is 2.50. The first kappa shape index (κ1) is 27.6. The summed E-state index contributed by atoms with van der Waals surface area (Å²) in [6, 6.07) is 14.5. The zero-order chi connectivity index (χ0) is 26.9. The highest BCUT2D eigenvalue weighted by Crippen LogP contribution is 2.27. The van der Waals surface area contributed by atoms with Gasteiger partial charge in [0, 0.05) is 12.8 Å². The number of hydrogen-bond acceptors (Lipinski definition) is 4. The first-order valence-electron chi connectivity index (χ1n) is 14.1. The Labute approximate surface area is 224 Å². The lowest BCUT2D eigenvalue weighted by molar-refractivity contribution is 0.0697. The standard InChI is InChI=1S/C31H39N3O4/c1-2-3-4-5-9-16-28-32-34(29(35)21-23-12-7-6-8-13-23)31(38)33(28)22-24-17-19-25(20-18-24)26-14-10-11-15-27(26)30(36)37/h10-11,14-15,17-20,23H,2-9,12-13,16,21-22H2,1H3,(H,36,37). The molecule has 1 aliphatic rings. The summed E-state index contributed by atoms with van der Waals surface area (Å²) in [5.74, 6) is -0.172. The molecule has 0 unspecified atom stereocenters. The summed E-state index contributed by atoms with van der Waals surface area (Å²) in [5, 5.41) is 14.1. The number of benzene rings is 2. The van der Waals surface area contributed by atoms with Crippen molar-refractivity contribution in [2.45, 2.75) is 90.5 Å². The SMILES string of the molecule is CCCCCCCc1nn(C(=O)CC2CCCCC2)c(=O)n1Cc1ccc(-c2ccccc2C(=O)O)cc1. The van der Waals surface area contributed by atoms with Gasteiger partial charge in [-0.2, -0.15) is 0 Å². The molecule has 1 aromatic heterocycles. The summed E-state index contributed by atoms with van der Waals surface area (Å²) in [4.78, 5) is 38.1. The first-order valence-corrected chi connectivity index (χ1v) is 14.1. The maximum absolute atomic E-state index is 13.4. The topological polar surface area (TPSA) is 94.2 Å². The van der Waals surface area contributed by atoms with Crippen LogP contribution in [0.3, 0.4) is 0 Å². The summed E-state index contributed by atoms with van der Waals surface area (Å²) in [6.07, 6.45) is 12.2. The van der Waals surface area contributed by atoms with E-state index in [4.69, 9.17) is 0 Å². The van der Waals surface area contributed by atoms with Gasteiger partial charge in [-0.3, -0.25) is 9.36 Å². The molecular formula is C31H39N3O4. The molecule has 1 N–H and O–H groups in total. The highest BCUT2D eigenvalue weighted by molar-refractivity contribution is 5.96. The van der Waals surface area contributed by atoms with Crippen molar-refractivity contribution in [1.29, 1.82) is 0 Å². The van der Waals surface area contributed by atoms with Crippen LogP contribution in [-0.4, -0.2) is 31.3 Å². The first-order chi connectivity index (χ1) is 18.5. The molecule has 1 heterocycles. The highest BCUT2D eigenvalue weighted by atomic mass is 16.4. The van der Waals surface area contributed by atoms with Gasteiger partial charge in [-0.15, -0.1) is 9.78 Å². The maximum Gasteiger partial charge on any atom is 0.353 e. The summed E-state index contributed by atoms with van der Waals surface area (Å²) < 4.78 is 2.74. The minimum atomic E-state index is -0.967. The molecule has 1 saturated carbocycles. The number of carbonyl (C=O) groups excluding carboxylic acids is 1. The Morgan fingerprint density at radius 1 is 0.947 bits per heavy atom. The summed E-state index contributed by atoms with van der Waals surface area (Å²) >= 11 is 0. The van der Waals surface area contributed by atoms with Crippen LogP contribution in [0.15, 0.2) is 53.3 Å². The molecular weight excluding hydrogens is 478 g/mol. The van der Waals surface area contributed by atoms with Crippen molar-refractivity contribution >= 4 is 11.9 Å². The average Bonchev–Trinajstić information content (AvgIpc) is 3.24. The number of carbonyl (C=O) groups is 2. The van der Waals surface area contributed by atoms with Crippen LogP contribution in [0.5, 0.6) is 0 Å². The van der Waals surface area contributed by atoms with E-state index in [1.165, 1.54) is 19.3 Å². The van der Waals surface area contributed by atoms with E-state index in [2.05, 4.69) is 12.0 Å². The minimum absolute atomic E-state index is 0.200. The van der Waals surface area contributed by atoms with Gasteiger partial charge in [-0.05, 0) is 47.9 Å². The molecule has 2 aromatic carbocycles. The third-order valence-corrected chi connectivity index (χ3v) is 7.63. The molecule has 0 radical (unpaired) electrons. The lowest BCUT2D eigenvalue weighted by Gasteiger charge is -2.20. The number of rotatable bonds is 12. The van der Waals surface area contributed by atoms with E-state index in [9.17, 15) is 19.5 Å². The molecule has 0 atom stereocenters. The molecule has 0 saturated heterocycles. The molecule has 0 amide bonds. The van der Waals surface area contributed by atoms with Crippen LogP contribution in [0.4, 0.5) is 0 Å². The van der Waals surface area contributed by atoms with E-state index < -0.39 is 5.97 Å². The van der Waals surface area contributed by atoms with Crippen molar-refractivity contribution < 1.29 is 14.7 Å². The second-order valence-corrected chi connectivity index (χ2v) is 10.5. The van der Waals surface area contributed by atoms with E-state index in [0.29, 0.717) is 36.7 Å². The fraction of sp³-hybridized carbons (Fsp3) is 0.484. The van der Waals surface area contributed by atoms with Crippen LogP contribution in [-0.2, 0) is 13.0 Å². The van der Waals surface area contributed by atoms with Gasteiger partial charge in [-0.1, -0.05) is 94.3 Å². The van der Waals surface area contributed by atoms with Gasteiger partial charge in [0.15, 0.2) is 0 Å². The van der Waals surface area contributed by atoms with Crippen molar-refractivity contribution in [3.63, 3.8) is 0 Å². The molecule has 0 spiro atoms. The molecule has 202 valence electrons. The number of carboxylic acids is 1. The van der Waals surface area contributed by atoms with Crippen LogP contribution >= 0.6 is 0 Å². The largest absolute Gasteiger partial charge is 0.478 e. The second kappa shape index (κ2) is 13.4. The number of aryl methyl sites for hydroxylation is 1. The Kier molecular flexibility index (Phi) is 9.68. The third kappa shape index (κ3) is 6.88. The number of aromatic carboxylic acids is 1. The fourth-order valence-corrected chi connectivity index (χ4v) is 5.45. The lowest BCUT2D eigenvalue weighted by Crippen LogP contribution is -2.31. The number of hydrogen-bond donors (Lipinski definition) is 1. The van der Waals surface area contributed by atoms with E-state index in [1.54, 1.807) is 22.8 Å². The highest BCUT2D eigenvalue weighted by Gasteiger charge is 2.23. The van der Waals surface area contributed by atoms with E-state index in [0.717, 1.165) is 60.8 Å². The smallest absolute Gasteiger partial charge is 0.353 e. The van der Waals surface area contributed by atoms with Gasteiger partial charge in [0.05, 0.1) is 12.1 Å². The van der Waals surface area contributed by atoms with Crippen molar-refractivity contribution in [2.24, 2.45) is 5.92 Å². The van der Waals surface area contributed by atoms with Crippen molar-refractivity contribution in [1.82, 2.24) is 14.3 Å². The van der Waals surface area contributed by atoms with Crippen molar-refractivity contribution in [3.8, 4) is 11.1 Å². The van der Waals surface area contributed by atoms with Crippen molar-refractivity contribution in [2.75, 3.05) is 0 Å². The van der Waals surface area contributed by atoms with Gasteiger partial charge >= 0.3 is 11.7 Å².